The van der Waals surface area contributed by atoms with E-state index in [1.807, 2.05) is 44.3 Å². The molecular formula is C15H18BrNO2. The van der Waals surface area contributed by atoms with Gasteiger partial charge < -0.3 is 14.5 Å². The van der Waals surface area contributed by atoms with Gasteiger partial charge in [0.05, 0.1) is 6.61 Å². The molecule has 0 aliphatic heterocycles. The SMILES string of the molecule is CNCc1cc(COCc2ccccc2Br)oc1C. The molecule has 0 bridgehead atoms. The van der Waals surface area contributed by atoms with Gasteiger partial charge >= 0.3 is 0 Å². The molecule has 0 atom stereocenters. The highest BCUT2D eigenvalue weighted by Gasteiger charge is 2.07. The lowest BCUT2D eigenvalue weighted by Crippen LogP contribution is -2.04. The number of halogens is 1. The standard InChI is InChI=1S/C15H18BrNO2/c1-11-13(8-17-2)7-14(19-11)10-18-9-12-5-3-4-6-15(12)16/h3-7,17H,8-10H2,1-2H3. The summed E-state index contributed by atoms with van der Waals surface area (Å²) in [7, 11) is 1.93. The Labute approximate surface area is 122 Å². The minimum Gasteiger partial charge on any atom is -0.464 e. The van der Waals surface area contributed by atoms with Crippen molar-refractivity contribution in [3.8, 4) is 0 Å². The fraction of sp³-hybridized carbons (Fsp3) is 0.333. The maximum absolute atomic E-state index is 5.69. The smallest absolute Gasteiger partial charge is 0.130 e. The molecule has 102 valence electrons. The number of furan rings is 1. The number of ether oxygens (including phenoxy) is 1. The van der Waals surface area contributed by atoms with Crippen LogP contribution in [0.3, 0.4) is 0 Å². The molecule has 1 heterocycles. The largest absolute Gasteiger partial charge is 0.464 e. The highest BCUT2D eigenvalue weighted by Crippen LogP contribution is 2.19. The van der Waals surface area contributed by atoms with Gasteiger partial charge in [-0.15, -0.1) is 0 Å². The zero-order valence-electron chi connectivity index (χ0n) is 11.2. The summed E-state index contributed by atoms with van der Waals surface area (Å²) in [5.41, 5.74) is 2.32. The van der Waals surface area contributed by atoms with Gasteiger partial charge in [-0.05, 0) is 31.7 Å². The van der Waals surface area contributed by atoms with E-state index in [-0.39, 0.29) is 0 Å². The lowest BCUT2D eigenvalue weighted by molar-refractivity contribution is 0.0920. The normalized spacial score (nSPS) is 10.9. The lowest BCUT2D eigenvalue weighted by Gasteiger charge is -2.04. The second kappa shape index (κ2) is 6.89. The minimum absolute atomic E-state index is 0.492. The summed E-state index contributed by atoms with van der Waals surface area (Å²) in [4.78, 5) is 0. The second-order valence-corrected chi connectivity index (χ2v) is 5.26. The van der Waals surface area contributed by atoms with Crippen molar-refractivity contribution in [2.45, 2.75) is 26.7 Å². The summed E-state index contributed by atoms with van der Waals surface area (Å²) in [5.74, 6) is 1.82. The van der Waals surface area contributed by atoms with Crippen LogP contribution in [0.1, 0.15) is 22.6 Å². The Morgan fingerprint density at radius 3 is 2.74 bits per heavy atom. The number of benzene rings is 1. The Kier molecular flexibility index (Phi) is 5.19. The fourth-order valence-corrected chi connectivity index (χ4v) is 2.30. The Balaban J connectivity index is 1.89. The van der Waals surface area contributed by atoms with Crippen LogP contribution in [0.15, 0.2) is 39.2 Å². The van der Waals surface area contributed by atoms with Gasteiger partial charge in [-0.1, -0.05) is 34.1 Å². The fourth-order valence-electron chi connectivity index (χ4n) is 1.90. The molecular weight excluding hydrogens is 306 g/mol. The van der Waals surface area contributed by atoms with Crippen molar-refractivity contribution >= 4 is 15.9 Å². The predicted octanol–water partition coefficient (Wildman–Crippen LogP) is 3.79. The Bertz CT molecular complexity index is 537. The summed E-state index contributed by atoms with van der Waals surface area (Å²) in [6, 6.07) is 10.1. The molecule has 2 rings (SSSR count). The van der Waals surface area contributed by atoms with Gasteiger partial charge in [0.25, 0.3) is 0 Å². The van der Waals surface area contributed by atoms with E-state index in [9.17, 15) is 0 Å². The number of rotatable bonds is 6. The first-order valence-corrected chi connectivity index (χ1v) is 7.04. The summed E-state index contributed by atoms with van der Waals surface area (Å²) in [6.45, 7) is 3.86. The number of nitrogens with one attached hydrogen (secondary N) is 1. The highest BCUT2D eigenvalue weighted by atomic mass is 79.9. The van der Waals surface area contributed by atoms with Crippen LogP contribution in [0.5, 0.6) is 0 Å². The molecule has 0 unspecified atom stereocenters. The molecule has 0 spiro atoms. The molecule has 1 aromatic carbocycles. The van der Waals surface area contributed by atoms with Crippen LogP contribution >= 0.6 is 15.9 Å². The molecule has 0 aliphatic rings. The van der Waals surface area contributed by atoms with Crippen molar-refractivity contribution in [3.05, 3.63) is 57.5 Å². The summed E-state index contributed by atoms with van der Waals surface area (Å²) in [6.07, 6.45) is 0. The van der Waals surface area contributed by atoms with E-state index in [0.717, 1.165) is 28.1 Å². The third kappa shape index (κ3) is 3.93. The van der Waals surface area contributed by atoms with Gasteiger partial charge in [0.2, 0.25) is 0 Å². The lowest BCUT2D eigenvalue weighted by atomic mass is 10.2. The molecule has 0 saturated carbocycles. The van der Waals surface area contributed by atoms with E-state index in [1.54, 1.807) is 0 Å². The van der Waals surface area contributed by atoms with Crippen molar-refractivity contribution in [1.29, 1.82) is 0 Å². The quantitative estimate of drug-likeness (QED) is 0.878. The van der Waals surface area contributed by atoms with Gasteiger partial charge in [0, 0.05) is 16.6 Å². The van der Waals surface area contributed by atoms with Gasteiger partial charge in [0.15, 0.2) is 0 Å². The molecule has 1 aromatic heterocycles. The minimum atomic E-state index is 0.492. The first-order valence-electron chi connectivity index (χ1n) is 6.24. The number of hydrogen-bond acceptors (Lipinski definition) is 3. The van der Waals surface area contributed by atoms with Crippen molar-refractivity contribution in [2.75, 3.05) is 7.05 Å². The van der Waals surface area contributed by atoms with Gasteiger partial charge in [-0.2, -0.15) is 0 Å². The molecule has 1 N–H and O–H groups in total. The van der Waals surface area contributed by atoms with Crippen molar-refractivity contribution in [1.82, 2.24) is 5.32 Å². The topological polar surface area (TPSA) is 34.4 Å². The van der Waals surface area contributed by atoms with E-state index < -0.39 is 0 Å². The molecule has 2 aromatic rings. The van der Waals surface area contributed by atoms with E-state index in [0.29, 0.717) is 13.2 Å². The molecule has 4 heteroatoms. The van der Waals surface area contributed by atoms with Crippen LogP contribution in [0, 0.1) is 6.92 Å². The Morgan fingerprint density at radius 2 is 2.00 bits per heavy atom. The van der Waals surface area contributed by atoms with Crippen molar-refractivity contribution in [3.63, 3.8) is 0 Å². The first-order chi connectivity index (χ1) is 9.20. The van der Waals surface area contributed by atoms with Gasteiger partial charge in [-0.3, -0.25) is 0 Å². The molecule has 0 fully saturated rings. The zero-order valence-corrected chi connectivity index (χ0v) is 12.8. The second-order valence-electron chi connectivity index (χ2n) is 4.41. The number of aryl methyl sites for hydroxylation is 1. The van der Waals surface area contributed by atoms with Crippen LogP contribution in [0.2, 0.25) is 0 Å². The van der Waals surface area contributed by atoms with E-state index >= 15 is 0 Å². The molecule has 0 saturated heterocycles. The van der Waals surface area contributed by atoms with Crippen LogP contribution in [0.25, 0.3) is 0 Å². The third-order valence-electron chi connectivity index (χ3n) is 2.90. The Hall–Kier alpha value is -1.10. The third-order valence-corrected chi connectivity index (χ3v) is 3.67. The monoisotopic (exact) mass is 323 g/mol. The van der Waals surface area contributed by atoms with Gasteiger partial charge in [-0.25, -0.2) is 0 Å². The van der Waals surface area contributed by atoms with Crippen LogP contribution < -0.4 is 5.32 Å². The average molecular weight is 324 g/mol. The molecule has 3 nitrogen and oxygen atoms in total. The van der Waals surface area contributed by atoms with E-state index in [1.165, 1.54) is 5.56 Å². The summed E-state index contributed by atoms with van der Waals surface area (Å²) < 4.78 is 12.4. The van der Waals surface area contributed by atoms with Crippen LogP contribution in [-0.2, 0) is 24.5 Å². The molecule has 0 amide bonds. The van der Waals surface area contributed by atoms with Crippen molar-refractivity contribution in [2.24, 2.45) is 0 Å². The van der Waals surface area contributed by atoms with Crippen LogP contribution in [-0.4, -0.2) is 7.05 Å². The zero-order chi connectivity index (χ0) is 13.7. The summed E-state index contributed by atoms with van der Waals surface area (Å²) >= 11 is 3.51. The Morgan fingerprint density at radius 1 is 1.21 bits per heavy atom. The van der Waals surface area contributed by atoms with E-state index in [2.05, 4.69) is 21.2 Å². The van der Waals surface area contributed by atoms with Gasteiger partial charge in [0.1, 0.15) is 18.1 Å². The van der Waals surface area contributed by atoms with E-state index in [4.69, 9.17) is 9.15 Å². The van der Waals surface area contributed by atoms with Crippen LogP contribution in [0.4, 0.5) is 0 Å². The predicted molar refractivity (Wildman–Crippen MR) is 78.8 cm³/mol. The molecule has 0 aliphatic carbocycles. The summed E-state index contributed by atoms with van der Waals surface area (Å²) in [5, 5.41) is 3.12. The maximum atomic E-state index is 5.69. The maximum Gasteiger partial charge on any atom is 0.130 e. The highest BCUT2D eigenvalue weighted by molar-refractivity contribution is 9.10. The average Bonchev–Trinajstić information content (AvgIpc) is 2.73. The molecule has 0 radical (unpaired) electrons. The molecule has 19 heavy (non-hydrogen) atoms. The first kappa shape index (κ1) is 14.3. The number of hydrogen-bond donors (Lipinski definition) is 1. The van der Waals surface area contributed by atoms with Crippen molar-refractivity contribution < 1.29 is 9.15 Å².